The Morgan fingerprint density at radius 1 is 0.712 bits per heavy atom. The Morgan fingerprint density at radius 2 is 1.29 bits per heavy atom. The number of hydrogen-bond donors (Lipinski definition) is 9. The third-order valence-corrected chi connectivity index (χ3v) is 17.4. The topological polar surface area (TPSA) is 262 Å². The number of methoxy groups -OCH3 is 1. The largest absolute Gasteiger partial charge is 0.469 e. The van der Waals surface area contributed by atoms with Crippen LogP contribution in [0.2, 0.25) is 0 Å². The van der Waals surface area contributed by atoms with Crippen molar-refractivity contribution in [1.29, 1.82) is 0 Å². The quantitative estimate of drug-likeness (QED) is 0.0957. The van der Waals surface area contributed by atoms with Gasteiger partial charge in [-0.15, -0.1) is 0 Å². The Labute approximate surface area is 345 Å². The zero-order valence-corrected chi connectivity index (χ0v) is 35.4. The lowest BCUT2D eigenvalue weighted by Gasteiger charge is -2.71. The first-order valence-electron chi connectivity index (χ1n) is 21.5. The zero-order chi connectivity index (χ0) is 43.4. The van der Waals surface area contributed by atoms with Crippen LogP contribution in [0.5, 0.6) is 0 Å². The molecule has 2 saturated heterocycles. The van der Waals surface area contributed by atoms with Gasteiger partial charge >= 0.3 is 11.9 Å². The van der Waals surface area contributed by atoms with Gasteiger partial charge in [0.2, 0.25) is 6.29 Å². The fourth-order valence-corrected chi connectivity index (χ4v) is 13.8. The van der Waals surface area contributed by atoms with Crippen molar-refractivity contribution in [2.24, 2.45) is 50.2 Å². The van der Waals surface area contributed by atoms with E-state index in [1.54, 1.807) is 6.92 Å². The molecule has 16 heteroatoms. The highest BCUT2D eigenvalue weighted by molar-refractivity contribution is 5.79. The number of aliphatic hydroxyl groups is 9. The Bertz CT molecular complexity index is 1640. The summed E-state index contributed by atoms with van der Waals surface area (Å²) in [6.07, 6.45) is -10.7. The van der Waals surface area contributed by atoms with Crippen LogP contribution in [-0.2, 0) is 33.3 Å². The smallest absolute Gasteiger partial charge is 0.315 e. The van der Waals surface area contributed by atoms with E-state index in [0.29, 0.717) is 44.9 Å². The predicted molar refractivity (Wildman–Crippen MR) is 205 cm³/mol. The molecule has 0 aromatic heterocycles. The van der Waals surface area contributed by atoms with Crippen LogP contribution in [0.15, 0.2) is 11.6 Å². The SMILES string of the molecule is COC(=O)[C@@]1(C)[C@@H]2CC[C@]3(C)[C@H](CC=C4[C@@H]5CC(C)(C)CC[C@]5(C(=O)O[C@@H]5O[C@H](CO)[C@@H](O)[C@H](O)[C@H]5O)CC[C@]43C)[C@@]2(C)C[C@H](O)[C@@H]1O[C@@H]1O[C@H](CO)[C@@H](O)[C@H](O)[C@H]1O. The van der Waals surface area contributed by atoms with E-state index in [9.17, 15) is 55.5 Å². The molecule has 2 aliphatic heterocycles. The highest BCUT2D eigenvalue weighted by Crippen LogP contribution is 2.76. The fourth-order valence-electron chi connectivity index (χ4n) is 13.8. The lowest BCUT2D eigenvalue weighted by Crippen LogP contribution is -2.70. The predicted octanol–water partition coefficient (Wildman–Crippen LogP) is 0.440. The molecule has 0 bridgehead atoms. The van der Waals surface area contributed by atoms with Crippen LogP contribution in [0.1, 0.15) is 99.3 Å². The first kappa shape index (κ1) is 45.2. The van der Waals surface area contributed by atoms with E-state index >= 15 is 0 Å². The number of carbonyl (C=O) groups is 2. The second kappa shape index (κ2) is 15.5. The van der Waals surface area contributed by atoms with E-state index in [1.807, 2.05) is 0 Å². The average Bonchev–Trinajstić information content (AvgIpc) is 3.18. The molecule has 336 valence electrons. The second-order valence-electron chi connectivity index (χ2n) is 20.8. The minimum absolute atomic E-state index is 0.0421. The molecule has 7 rings (SSSR count). The minimum Gasteiger partial charge on any atom is -0.469 e. The van der Waals surface area contributed by atoms with Crippen molar-refractivity contribution in [2.75, 3.05) is 20.3 Å². The summed E-state index contributed by atoms with van der Waals surface area (Å²) in [6.45, 7) is 11.5. The maximum Gasteiger partial charge on any atom is 0.315 e. The number of esters is 2. The van der Waals surface area contributed by atoms with Crippen molar-refractivity contribution in [2.45, 2.75) is 173 Å². The Balaban J connectivity index is 1.22. The number of hydrogen-bond acceptors (Lipinski definition) is 16. The van der Waals surface area contributed by atoms with Crippen LogP contribution in [0.3, 0.4) is 0 Å². The zero-order valence-electron chi connectivity index (χ0n) is 35.4. The van der Waals surface area contributed by atoms with Gasteiger partial charge in [0.1, 0.15) is 54.9 Å². The van der Waals surface area contributed by atoms with Gasteiger partial charge in [-0.05, 0) is 104 Å². The molecular formula is C43H68O16. The second-order valence-corrected chi connectivity index (χ2v) is 20.8. The van der Waals surface area contributed by atoms with Gasteiger partial charge in [0, 0.05) is 0 Å². The van der Waals surface area contributed by atoms with Gasteiger partial charge in [0.15, 0.2) is 6.29 Å². The molecule has 0 aromatic rings. The third kappa shape index (κ3) is 6.60. The van der Waals surface area contributed by atoms with Crippen LogP contribution in [0.4, 0.5) is 0 Å². The van der Waals surface area contributed by atoms with Gasteiger partial charge in [-0.25, -0.2) is 0 Å². The van der Waals surface area contributed by atoms with Crippen molar-refractivity contribution in [3.8, 4) is 0 Å². The van der Waals surface area contributed by atoms with E-state index in [-0.39, 0.29) is 35.0 Å². The minimum atomic E-state index is -1.73. The van der Waals surface area contributed by atoms with Crippen molar-refractivity contribution in [3.05, 3.63) is 11.6 Å². The summed E-state index contributed by atoms with van der Waals surface area (Å²) in [7, 11) is 1.28. The molecule has 16 nitrogen and oxygen atoms in total. The summed E-state index contributed by atoms with van der Waals surface area (Å²) in [4.78, 5) is 28.7. The monoisotopic (exact) mass is 840 g/mol. The molecule has 0 aromatic carbocycles. The van der Waals surface area contributed by atoms with Gasteiger partial charge in [0.05, 0.1) is 37.3 Å². The highest BCUT2D eigenvalue weighted by atomic mass is 16.7. The van der Waals surface area contributed by atoms with Gasteiger partial charge < -0.3 is 69.6 Å². The van der Waals surface area contributed by atoms with Crippen molar-refractivity contribution < 1.29 is 79.2 Å². The van der Waals surface area contributed by atoms with Crippen LogP contribution in [0, 0.1) is 50.2 Å². The fraction of sp³-hybridized carbons (Fsp3) is 0.907. The number of carbonyl (C=O) groups excluding carboxylic acids is 2. The molecule has 9 N–H and O–H groups in total. The summed E-state index contributed by atoms with van der Waals surface area (Å²) in [5.41, 5.74) is -2.75. The normalized spacial score (nSPS) is 53.1. The molecule has 7 aliphatic rings. The molecule has 59 heavy (non-hydrogen) atoms. The molecule has 20 atom stereocenters. The lowest BCUT2D eigenvalue weighted by molar-refractivity contribution is -0.340. The molecule has 6 fully saturated rings. The van der Waals surface area contributed by atoms with Crippen LogP contribution >= 0.6 is 0 Å². The summed E-state index contributed by atoms with van der Waals surface area (Å²) in [6, 6.07) is 0. The molecule has 2 heterocycles. The average molecular weight is 841 g/mol. The maximum absolute atomic E-state index is 14.6. The van der Waals surface area contributed by atoms with E-state index in [0.717, 1.165) is 6.42 Å². The van der Waals surface area contributed by atoms with Gasteiger partial charge in [-0.2, -0.15) is 0 Å². The molecule has 5 aliphatic carbocycles. The van der Waals surface area contributed by atoms with Crippen LogP contribution in [0.25, 0.3) is 0 Å². The van der Waals surface area contributed by atoms with E-state index in [4.69, 9.17) is 23.7 Å². The summed E-state index contributed by atoms with van der Waals surface area (Å²) in [5, 5.41) is 95.2. The number of ether oxygens (including phenoxy) is 5. The van der Waals surface area contributed by atoms with Crippen LogP contribution in [-0.4, -0.2) is 152 Å². The first-order chi connectivity index (χ1) is 27.5. The number of aliphatic hydroxyl groups excluding tert-OH is 9. The molecule has 0 amide bonds. The Morgan fingerprint density at radius 3 is 1.88 bits per heavy atom. The molecule has 0 radical (unpaired) electrons. The van der Waals surface area contributed by atoms with Crippen molar-refractivity contribution in [1.82, 2.24) is 0 Å². The first-order valence-corrected chi connectivity index (χ1v) is 21.5. The van der Waals surface area contributed by atoms with Crippen molar-refractivity contribution >= 4 is 11.9 Å². The molecule has 0 spiro atoms. The summed E-state index contributed by atoms with van der Waals surface area (Å²) < 4.78 is 29.0. The van der Waals surface area contributed by atoms with Crippen molar-refractivity contribution in [3.63, 3.8) is 0 Å². The lowest BCUT2D eigenvalue weighted by atomic mass is 9.33. The Kier molecular flexibility index (Phi) is 11.9. The number of fused-ring (bicyclic) bond motifs is 7. The maximum atomic E-state index is 14.6. The molecular weight excluding hydrogens is 772 g/mol. The highest BCUT2D eigenvalue weighted by Gasteiger charge is 2.73. The van der Waals surface area contributed by atoms with Crippen LogP contribution < -0.4 is 0 Å². The number of allylic oxidation sites excluding steroid dienone is 2. The van der Waals surface area contributed by atoms with Gasteiger partial charge in [-0.3, -0.25) is 9.59 Å². The molecule has 0 unspecified atom stereocenters. The number of rotatable bonds is 7. The van der Waals surface area contributed by atoms with Gasteiger partial charge in [-0.1, -0.05) is 46.3 Å². The summed E-state index contributed by atoms with van der Waals surface area (Å²) in [5.74, 6) is -1.78. The summed E-state index contributed by atoms with van der Waals surface area (Å²) >= 11 is 0. The van der Waals surface area contributed by atoms with Gasteiger partial charge in [0.25, 0.3) is 0 Å². The third-order valence-electron chi connectivity index (χ3n) is 17.4. The molecule has 4 saturated carbocycles. The van der Waals surface area contributed by atoms with E-state index in [2.05, 4.69) is 40.7 Å². The standard InChI is InChI=1S/C43H68O16/c1-38(2)12-14-43(37(54)59-35-32(52)30(50)28(48)24(19-45)57-35)15-13-40(4)20(21(43)16-38)8-9-25-39(3)17-22(46)33(58-34-31(51)29(49)27(47)23(18-44)56-34)42(6,36(53)55-7)26(39)10-11-41(25,40)5/h8,21-35,44-52H,9-19H2,1-7H3/t21-,22-,23+,24+,25+,26+,27+,28+,29-,30-,31+,32+,33-,34-,35-,39+,40+,41+,42-,43-/m0/s1. The Hall–Kier alpha value is -1.80. The van der Waals surface area contributed by atoms with E-state index < -0.39 is 120 Å². The van der Waals surface area contributed by atoms with E-state index in [1.165, 1.54) is 12.7 Å².